The summed E-state index contributed by atoms with van der Waals surface area (Å²) in [5.74, 6) is 0.155. The number of Topliss-reactive ketones (excluding diaryl/α,β-unsaturated/α-hetero) is 1. The lowest BCUT2D eigenvalue weighted by molar-refractivity contribution is 0.0474. The summed E-state index contributed by atoms with van der Waals surface area (Å²) < 4.78 is 15.9. The number of aromatic nitrogens is 1. The van der Waals surface area contributed by atoms with Crippen LogP contribution in [0.4, 0.5) is 0 Å². The molecule has 1 heterocycles. The van der Waals surface area contributed by atoms with Crippen LogP contribution in [0.1, 0.15) is 31.4 Å². The first-order chi connectivity index (χ1) is 13.6. The Balaban J connectivity index is 1.53. The zero-order chi connectivity index (χ0) is 19.9. The van der Waals surface area contributed by atoms with Gasteiger partial charge in [-0.05, 0) is 43.3 Å². The fourth-order valence-electron chi connectivity index (χ4n) is 2.49. The average molecular weight is 397 g/mol. The highest BCUT2D eigenvalue weighted by molar-refractivity contribution is 7.09. The first-order valence-electron chi connectivity index (χ1n) is 8.54. The van der Waals surface area contributed by atoms with Gasteiger partial charge in [0.15, 0.2) is 6.61 Å². The Labute approximate surface area is 166 Å². The van der Waals surface area contributed by atoms with E-state index in [-0.39, 0.29) is 12.4 Å². The van der Waals surface area contributed by atoms with E-state index < -0.39 is 5.97 Å². The van der Waals surface area contributed by atoms with Gasteiger partial charge in [0.2, 0.25) is 5.78 Å². The van der Waals surface area contributed by atoms with Crippen molar-refractivity contribution < 1.29 is 23.8 Å². The van der Waals surface area contributed by atoms with E-state index >= 15 is 0 Å². The molecule has 0 fully saturated rings. The number of aryl methyl sites for hydroxylation is 1. The van der Waals surface area contributed by atoms with Crippen LogP contribution in [0.2, 0.25) is 0 Å². The zero-order valence-corrected chi connectivity index (χ0v) is 16.3. The highest BCUT2D eigenvalue weighted by Gasteiger charge is 2.15. The van der Waals surface area contributed by atoms with Crippen molar-refractivity contribution in [1.82, 2.24) is 4.98 Å². The standard InChI is InChI=1S/C21H19NO5S/c1-14-22-16(13-28-14)11-26-17-9-7-15(8-10-17)21(24)27-12-19(23)18-5-3-4-6-20(18)25-2/h3-10,13H,11-12H2,1-2H3. The van der Waals surface area contributed by atoms with Gasteiger partial charge in [0.25, 0.3) is 0 Å². The van der Waals surface area contributed by atoms with Gasteiger partial charge in [-0.15, -0.1) is 11.3 Å². The maximum Gasteiger partial charge on any atom is 0.338 e. The fourth-order valence-corrected chi connectivity index (χ4v) is 3.08. The van der Waals surface area contributed by atoms with Gasteiger partial charge in [0.1, 0.15) is 18.1 Å². The minimum absolute atomic E-state index is 0.329. The second-order valence-corrected chi connectivity index (χ2v) is 6.93. The quantitative estimate of drug-likeness (QED) is 0.421. The molecule has 0 aliphatic heterocycles. The van der Waals surface area contributed by atoms with E-state index in [4.69, 9.17) is 14.2 Å². The SMILES string of the molecule is COc1ccccc1C(=O)COC(=O)c1ccc(OCc2csc(C)n2)cc1. The van der Waals surface area contributed by atoms with E-state index in [0.717, 1.165) is 10.7 Å². The van der Waals surface area contributed by atoms with Crippen LogP contribution in [-0.2, 0) is 11.3 Å². The molecule has 0 amide bonds. The Bertz CT molecular complexity index is 965. The summed E-state index contributed by atoms with van der Waals surface area (Å²) in [4.78, 5) is 28.8. The number of methoxy groups -OCH3 is 1. The summed E-state index contributed by atoms with van der Waals surface area (Å²) in [6.45, 7) is 1.94. The number of hydrogen-bond donors (Lipinski definition) is 0. The number of carbonyl (C=O) groups excluding carboxylic acids is 2. The third-order valence-electron chi connectivity index (χ3n) is 3.89. The highest BCUT2D eigenvalue weighted by Crippen LogP contribution is 2.19. The molecule has 3 aromatic rings. The van der Waals surface area contributed by atoms with Crippen LogP contribution in [0.25, 0.3) is 0 Å². The normalized spacial score (nSPS) is 10.4. The molecule has 144 valence electrons. The Morgan fingerprint density at radius 3 is 2.50 bits per heavy atom. The van der Waals surface area contributed by atoms with Gasteiger partial charge < -0.3 is 14.2 Å². The number of esters is 1. The molecular weight excluding hydrogens is 378 g/mol. The van der Waals surface area contributed by atoms with Gasteiger partial charge in [-0.25, -0.2) is 9.78 Å². The molecular formula is C21H19NO5S. The van der Waals surface area contributed by atoms with Crippen molar-refractivity contribution in [2.45, 2.75) is 13.5 Å². The average Bonchev–Trinajstić information content (AvgIpc) is 3.15. The smallest absolute Gasteiger partial charge is 0.338 e. The molecule has 0 saturated carbocycles. The molecule has 1 aromatic heterocycles. The minimum atomic E-state index is -0.579. The molecule has 2 aromatic carbocycles. The maximum absolute atomic E-state index is 12.3. The van der Waals surface area contributed by atoms with Crippen molar-refractivity contribution in [2.24, 2.45) is 0 Å². The Morgan fingerprint density at radius 2 is 1.82 bits per heavy atom. The lowest BCUT2D eigenvalue weighted by Crippen LogP contribution is -2.15. The Kier molecular flexibility index (Phi) is 6.39. The lowest BCUT2D eigenvalue weighted by Gasteiger charge is -2.08. The van der Waals surface area contributed by atoms with E-state index in [1.807, 2.05) is 12.3 Å². The summed E-state index contributed by atoms with van der Waals surface area (Å²) in [5, 5.41) is 2.93. The number of ketones is 1. The van der Waals surface area contributed by atoms with Gasteiger partial charge in [-0.1, -0.05) is 12.1 Å². The third-order valence-corrected chi connectivity index (χ3v) is 4.71. The fraction of sp³-hybridized carbons (Fsp3) is 0.190. The first kappa shape index (κ1) is 19.6. The largest absolute Gasteiger partial charge is 0.496 e. The molecule has 6 nitrogen and oxygen atoms in total. The van der Waals surface area contributed by atoms with Crippen LogP contribution in [0.15, 0.2) is 53.9 Å². The van der Waals surface area contributed by atoms with Gasteiger partial charge in [-0.2, -0.15) is 0 Å². The Morgan fingerprint density at radius 1 is 1.07 bits per heavy atom. The van der Waals surface area contributed by atoms with Gasteiger partial charge in [0.05, 0.1) is 28.9 Å². The topological polar surface area (TPSA) is 74.7 Å². The predicted molar refractivity (Wildman–Crippen MR) is 105 cm³/mol. The van der Waals surface area contributed by atoms with Gasteiger partial charge >= 0.3 is 5.97 Å². The molecule has 28 heavy (non-hydrogen) atoms. The van der Waals surface area contributed by atoms with Crippen LogP contribution in [0.3, 0.4) is 0 Å². The van der Waals surface area contributed by atoms with Crippen LogP contribution in [0, 0.1) is 6.92 Å². The number of ether oxygens (including phenoxy) is 3. The number of rotatable bonds is 8. The second-order valence-electron chi connectivity index (χ2n) is 5.87. The first-order valence-corrected chi connectivity index (χ1v) is 9.42. The molecule has 0 N–H and O–H groups in total. The monoisotopic (exact) mass is 397 g/mol. The number of nitrogens with zero attached hydrogens (tertiary/aromatic N) is 1. The maximum atomic E-state index is 12.3. The molecule has 0 bridgehead atoms. The molecule has 0 aliphatic rings. The molecule has 3 rings (SSSR count). The summed E-state index contributed by atoms with van der Waals surface area (Å²) in [6, 6.07) is 13.3. The summed E-state index contributed by atoms with van der Waals surface area (Å²) in [7, 11) is 1.48. The zero-order valence-electron chi connectivity index (χ0n) is 15.5. The van der Waals surface area contributed by atoms with Crippen molar-refractivity contribution in [1.29, 1.82) is 0 Å². The second kappa shape index (κ2) is 9.14. The predicted octanol–water partition coefficient (Wildman–Crippen LogP) is 4.08. The van der Waals surface area contributed by atoms with E-state index in [0.29, 0.717) is 29.2 Å². The van der Waals surface area contributed by atoms with Gasteiger partial charge in [0, 0.05) is 5.38 Å². The van der Waals surface area contributed by atoms with Gasteiger partial charge in [-0.3, -0.25) is 4.79 Å². The van der Waals surface area contributed by atoms with Crippen LogP contribution >= 0.6 is 11.3 Å². The number of benzene rings is 2. The van der Waals surface area contributed by atoms with E-state index in [2.05, 4.69) is 4.98 Å². The summed E-state index contributed by atoms with van der Waals surface area (Å²) >= 11 is 1.57. The van der Waals surface area contributed by atoms with Crippen molar-refractivity contribution in [3.05, 3.63) is 75.7 Å². The Hall–Kier alpha value is -3.19. The van der Waals surface area contributed by atoms with E-state index in [1.54, 1.807) is 59.9 Å². The van der Waals surface area contributed by atoms with Crippen molar-refractivity contribution in [2.75, 3.05) is 13.7 Å². The van der Waals surface area contributed by atoms with Crippen LogP contribution < -0.4 is 9.47 Å². The molecule has 0 radical (unpaired) electrons. The molecule has 0 atom stereocenters. The molecule has 0 aliphatic carbocycles. The molecule has 0 unspecified atom stereocenters. The van der Waals surface area contributed by atoms with Crippen molar-refractivity contribution in [3.63, 3.8) is 0 Å². The number of para-hydroxylation sites is 1. The van der Waals surface area contributed by atoms with Crippen molar-refractivity contribution in [3.8, 4) is 11.5 Å². The van der Waals surface area contributed by atoms with Crippen LogP contribution in [-0.4, -0.2) is 30.5 Å². The number of carbonyl (C=O) groups is 2. The van der Waals surface area contributed by atoms with Crippen LogP contribution in [0.5, 0.6) is 11.5 Å². The molecule has 0 spiro atoms. The van der Waals surface area contributed by atoms with Crippen molar-refractivity contribution >= 4 is 23.1 Å². The number of thiazole rings is 1. The summed E-state index contributed by atoms with van der Waals surface area (Å²) in [6.07, 6.45) is 0. The van der Waals surface area contributed by atoms with E-state index in [9.17, 15) is 9.59 Å². The summed E-state index contributed by atoms with van der Waals surface area (Å²) in [5.41, 5.74) is 1.57. The lowest BCUT2D eigenvalue weighted by atomic mass is 10.1. The molecule has 0 saturated heterocycles. The highest BCUT2D eigenvalue weighted by atomic mass is 32.1. The molecule has 7 heteroatoms. The minimum Gasteiger partial charge on any atom is -0.496 e. The van der Waals surface area contributed by atoms with E-state index in [1.165, 1.54) is 7.11 Å². The number of hydrogen-bond acceptors (Lipinski definition) is 7. The third kappa shape index (κ3) is 4.95.